The minimum absolute atomic E-state index is 0.00144. The maximum Gasteiger partial charge on any atom is 0.240 e. The standard InChI is InChI=1S/C12H15N3O3S/c1-15(8-10-3-2-6-18-10)11-5-4-9(13)7-12(11)19(14,16)17/h2-7H,8,13H2,1H3,(H2,14,16,17). The summed E-state index contributed by atoms with van der Waals surface area (Å²) in [4.78, 5) is 1.74. The van der Waals surface area contributed by atoms with Crippen LogP contribution < -0.4 is 15.8 Å². The van der Waals surface area contributed by atoms with Crippen LogP contribution >= 0.6 is 0 Å². The van der Waals surface area contributed by atoms with Gasteiger partial charge in [0.1, 0.15) is 10.7 Å². The average Bonchev–Trinajstić information content (AvgIpc) is 2.80. The minimum Gasteiger partial charge on any atom is -0.467 e. The Morgan fingerprint density at radius 2 is 2.05 bits per heavy atom. The summed E-state index contributed by atoms with van der Waals surface area (Å²) in [6.07, 6.45) is 1.56. The van der Waals surface area contributed by atoms with Crippen LogP contribution in [0.3, 0.4) is 0 Å². The summed E-state index contributed by atoms with van der Waals surface area (Å²) in [6, 6.07) is 8.18. The van der Waals surface area contributed by atoms with Crippen molar-refractivity contribution in [3.63, 3.8) is 0 Å². The molecule has 102 valence electrons. The first-order valence-electron chi connectivity index (χ1n) is 5.54. The van der Waals surface area contributed by atoms with Crippen LogP contribution in [-0.4, -0.2) is 15.5 Å². The molecule has 0 aliphatic rings. The highest BCUT2D eigenvalue weighted by Crippen LogP contribution is 2.26. The van der Waals surface area contributed by atoms with Crippen molar-refractivity contribution in [3.05, 3.63) is 42.4 Å². The van der Waals surface area contributed by atoms with Crippen LogP contribution in [0.2, 0.25) is 0 Å². The van der Waals surface area contributed by atoms with Crippen LogP contribution in [-0.2, 0) is 16.6 Å². The number of furan rings is 1. The highest BCUT2D eigenvalue weighted by Gasteiger charge is 2.17. The fourth-order valence-electron chi connectivity index (χ4n) is 1.80. The molecule has 2 aromatic rings. The van der Waals surface area contributed by atoms with Gasteiger partial charge in [0.15, 0.2) is 0 Å². The number of hydrogen-bond acceptors (Lipinski definition) is 5. The molecule has 0 amide bonds. The van der Waals surface area contributed by atoms with Crippen molar-refractivity contribution in [2.75, 3.05) is 17.7 Å². The van der Waals surface area contributed by atoms with E-state index < -0.39 is 10.0 Å². The van der Waals surface area contributed by atoms with E-state index in [4.69, 9.17) is 15.3 Å². The maximum absolute atomic E-state index is 11.6. The molecule has 1 heterocycles. The number of anilines is 2. The topological polar surface area (TPSA) is 103 Å². The molecule has 0 atom stereocenters. The zero-order valence-electron chi connectivity index (χ0n) is 10.4. The molecule has 0 aliphatic heterocycles. The van der Waals surface area contributed by atoms with E-state index in [-0.39, 0.29) is 4.90 Å². The SMILES string of the molecule is CN(Cc1ccco1)c1ccc(N)cc1S(N)(=O)=O. The fraction of sp³-hybridized carbons (Fsp3) is 0.167. The molecular weight excluding hydrogens is 266 g/mol. The molecule has 1 aromatic carbocycles. The maximum atomic E-state index is 11.6. The Labute approximate surface area is 111 Å². The van der Waals surface area contributed by atoms with Crippen LogP contribution in [0.1, 0.15) is 5.76 Å². The predicted octanol–water partition coefficient (Wildman–Crippen LogP) is 1.15. The Kier molecular flexibility index (Phi) is 3.50. The van der Waals surface area contributed by atoms with Crippen molar-refractivity contribution in [1.29, 1.82) is 0 Å². The van der Waals surface area contributed by atoms with E-state index in [0.29, 0.717) is 17.9 Å². The first-order valence-corrected chi connectivity index (χ1v) is 7.08. The van der Waals surface area contributed by atoms with Crippen molar-refractivity contribution in [1.82, 2.24) is 0 Å². The quantitative estimate of drug-likeness (QED) is 0.818. The Bertz CT molecular complexity index is 666. The smallest absolute Gasteiger partial charge is 0.240 e. The molecule has 0 aliphatic carbocycles. The highest BCUT2D eigenvalue weighted by molar-refractivity contribution is 7.89. The van der Waals surface area contributed by atoms with E-state index in [0.717, 1.165) is 5.76 Å². The van der Waals surface area contributed by atoms with E-state index in [2.05, 4.69) is 0 Å². The molecule has 1 aromatic heterocycles. The van der Waals surface area contributed by atoms with Crippen molar-refractivity contribution >= 4 is 21.4 Å². The molecule has 0 spiro atoms. The van der Waals surface area contributed by atoms with Gasteiger partial charge in [-0.3, -0.25) is 0 Å². The van der Waals surface area contributed by atoms with E-state index in [9.17, 15) is 8.42 Å². The molecule has 2 rings (SSSR count). The molecule has 0 radical (unpaired) electrons. The van der Waals surface area contributed by atoms with Gasteiger partial charge in [0, 0.05) is 12.7 Å². The molecule has 0 saturated heterocycles. The Morgan fingerprint density at radius 1 is 1.32 bits per heavy atom. The van der Waals surface area contributed by atoms with Crippen LogP contribution in [0.5, 0.6) is 0 Å². The number of hydrogen-bond donors (Lipinski definition) is 2. The third-order valence-electron chi connectivity index (χ3n) is 2.67. The van der Waals surface area contributed by atoms with Crippen LogP contribution in [0.25, 0.3) is 0 Å². The van der Waals surface area contributed by atoms with Crippen molar-refractivity contribution in [3.8, 4) is 0 Å². The summed E-state index contributed by atoms with van der Waals surface area (Å²) in [5, 5.41) is 5.20. The second-order valence-corrected chi connectivity index (χ2v) is 5.74. The zero-order chi connectivity index (χ0) is 14.0. The number of rotatable bonds is 4. The van der Waals surface area contributed by atoms with E-state index >= 15 is 0 Å². The van der Waals surface area contributed by atoms with Gasteiger partial charge in [-0.2, -0.15) is 0 Å². The summed E-state index contributed by atoms with van der Waals surface area (Å²) in [5.41, 5.74) is 6.43. The summed E-state index contributed by atoms with van der Waals surface area (Å²) in [7, 11) is -2.08. The van der Waals surface area contributed by atoms with Crippen LogP contribution in [0.4, 0.5) is 11.4 Å². The van der Waals surface area contributed by atoms with E-state index in [1.807, 2.05) is 6.07 Å². The van der Waals surface area contributed by atoms with Gasteiger partial charge < -0.3 is 15.1 Å². The first kappa shape index (κ1) is 13.4. The average molecular weight is 281 g/mol. The number of nitrogens with two attached hydrogens (primary N) is 2. The molecular formula is C12H15N3O3S. The number of sulfonamides is 1. The van der Waals surface area contributed by atoms with Gasteiger partial charge in [-0.25, -0.2) is 13.6 Å². The van der Waals surface area contributed by atoms with Gasteiger partial charge in [0.05, 0.1) is 18.5 Å². The van der Waals surface area contributed by atoms with Gasteiger partial charge in [-0.15, -0.1) is 0 Å². The minimum atomic E-state index is -3.83. The molecule has 0 unspecified atom stereocenters. The monoisotopic (exact) mass is 281 g/mol. The predicted molar refractivity (Wildman–Crippen MR) is 73.0 cm³/mol. The van der Waals surface area contributed by atoms with Gasteiger partial charge >= 0.3 is 0 Å². The van der Waals surface area contributed by atoms with Gasteiger partial charge in [0.25, 0.3) is 0 Å². The Morgan fingerprint density at radius 3 is 2.63 bits per heavy atom. The number of nitrogens with zero attached hydrogens (tertiary/aromatic N) is 1. The summed E-state index contributed by atoms with van der Waals surface area (Å²) >= 11 is 0. The second-order valence-electron chi connectivity index (χ2n) is 4.21. The van der Waals surface area contributed by atoms with Crippen LogP contribution in [0.15, 0.2) is 45.9 Å². The fourth-order valence-corrected chi connectivity index (χ4v) is 2.61. The molecule has 0 saturated carbocycles. The summed E-state index contributed by atoms with van der Waals surface area (Å²) < 4.78 is 28.4. The zero-order valence-corrected chi connectivity index (χ0v) is 11.2. The van der Waals surface area contributed by atoms with Crippen molar-refractivity contribution in [2.24, 2.45) is 5.14 Å². The highest BCUT2D eigenvalue weighted by atomic mass is 32.2. The number of nitrogen functional groups attached to an aromatic ring is 1. The molecule has 7 heteroatoms. The van der Waals surface area contributed by atoms with E-state index in [1.165, 1.54) is 6.07 Å². The van der Waals surface area contributed by atoms with Crippen molar-refractivity contribution in [2.45, 2.75) is 11.4 Å². The number of benzene rings is 1. The normalized spacial score (nSPS) is 11.5. The third-order valence-corrected chi connectivity index (χ3v) is 3.61. The Balaban J connectivity index is 2.39. The second kappa shape index (κ2) is 4.94. The molecule has 6 nitrogen and oxygen atoms in total. The lowest BCUT2D eigenvalue weighted by Crippen LogP contribution is -2.22. The molecule has 4 N–H and O–H groups in total. The summed E-state index contributed by atoms with van der Waals surface area (Å²) in [6.45, 7) is 0.430. The Hall–Kier alpha value is -1.99. The summed E-state index contributed by atoms with van der Waals surface area (Å²) in [5.74, 6) is 0.722. The lowest BCUT2D eigenvalue weighted by Gasteiger charge is -2.20. The molecule has 0 bridgehead atoms. The van der Waals surface area contributed by atoms with Gasteiger partial charge in [-0.1, -0.05) is 0 Å². The van der Waals surface area contributed by atoms with Gasteiger partial charge in [-0.05, 0) is 30.3 Å². The lowest BCUT2D eigenvalue weighted by atomic mass is 10.2. The molecule has 19 heavy (non-hydrogen) atoms. The lowest BCUT2D eigenvalue weighted by molar-refractivity contribution is 0.507. The van der Waals surface area contributed by atoms with Gasteiger partial charge in [0.2, 0.25) is 10.0 Å². The number of primary sulfonamides is 1. The first-order chi connectivity index (χ1) is 8.88. The third kappa shape index (κ3) is 3.07. The largest absolute Gasteiger partial charge is 0.467 e. The molecule has 0 fully saturated rings. The van der Waals surface area contributed by atoms with Crippen LogP contribution in [0, 0.1) is 0 Å². The van der Waals surface area contributed by atoms with Crippen molar-refractivity contribution < 1.29 is 12.8 Å². The van der Waals surface area contributed by atoms with E-state index in [1.54, 1.807) is 36.4 Å².